The highest BCUT2D eigenvalue weighted by molar-refractivity contribution is 9.10. The Kier molecular flexibility index (Phi) is 5.48. The van der Waals surface area contributed by atoms with Gasteiger partial charge in [0.1, 0.15) is 19.0 Å². The van der Waals surface area contributed by atoms with E-state index in [1.54, 1.807) is 11.8 Å². The van der Waals surface area contributed by atoms with Crippen LogP contribution in [0, 0.1) is 5.41 Å². The Morgan fingerprint density at radius 3 is 2.70 bits per heavy atom. The molecule has 2 heterocycles. The summed E-state index contributed by atoms with van der Waals surface area (Å²) >= 11 is 3.45. The van der Waals surface area contributed by atoms with Crippen LogP contribution in [0.3, 0.4) is 0 Å². The van der Waals surface area contributed by atoms with Crippen molar-refractivity contribution in [3.63, 3.8) is 0 Å². The molecule has 0 bridgehead atoms. The maximum Gasteiger partial charge on any atom is 0.226 e. The van der Waals surface area contributed by atoms with E-state index in [-0.39, 0.29) is 17.2 Å². The van der Waals surface area contributed by atoms with Crippen LogP contribution in [-0.4, -0.2) is 27.7 Å². The molecule has 33 heavy (non-hydrogen) atoms. The zero-order chi connectivity index (χ0) is 23.2. The van der Waals surface area contributed by atoms with Crippen molar-refractivity contribution in [2.24, 2.45) is 5.41 Å². The normalized spacial score (nSPS) is 18.9. The smallest absolute Gasteiger partial charge is 0.226 e. The number of allylic oxidation sites excluding steroid dienone is 2. The molecular formula is C25H25BrN4O3. The van der Waals surface area contributed by atoms with Crippen molar-refractivity contribution in [3.05, 3.63) is 75.7 Å². The van der Waals surface area contributed by atoms with Gasteiger partial charge in [0.2, 0.25) is 5.95 Å². The lowest BCUT2D eigenvalue weighted by Gasteiger charge is -2.38. The molecule has 0 saturated carbocycles. The number of Topliss-reactive ketones (excluding diaryl/α,β-unsaturated/α-hetero) is 1. The van der Waals surface area contributed by atoms with E-state index in [0.29, 0.717) is 30.5 Å². The maximum atomic E-state index is 13.2. The molecule has 0 spiro atoms. The number of ether oxygens (including phenoxy) is 2. The number of anilines is 1. The Morgan fingerprint density at radius 1 is 1.15 bits per heavy atom. The molecule has 0 radical (unpaired) electrons. The van der Waals surface area contributed by atoms with E-state index in [0.717, 1.165) is 33.3 Å². The van der Waals surface area contributed by atoms with Crippen LogP contribution >= 0.6 is 15.9 Å². The first kappa shape index (κ1) is 21.7. The van der Waals surface area contributed by atoms with Gasteiger partial charge in [-0.15, -0.1) is 0 Å². The number of fused-ring (bicyclic) bond motifs is 1. The van der Waals surface area contributed by atoms with Crippen LogP contribution in [-0.2, 0) is 11.4 Å². The molecule has 3 aromatic rings. The van der Waals surface area contributed by atoms with Gasteiger partial charge in [0.05, 0.1) is 7.11 Å². The minimum atomic E-state index is -0.364. The van der Waals surface area contributed by atoms with Gasteiger partial charge in [-0.3, -0.25) is 4.79 Å². The fraction of sp³-hybridized carbons (Fsp3) is 0.320. The average molecular weight is 509 g/mol. The third-order valence-corrected chi connectivity index (χ3v) is 6.61. The summed E-state index contributed by atoms with van der Waals surface area (Å²) in [7, 11) is 1.62. The highest BCUT2D eigenvalue weighted by atomic mass is 79.9. The van der Waals surface area contributed by atoms with Crippen LogP contribution in [0.15, 0.2) is 64.5 Å². The van der Waals surface area contributed by atoms with Crippen molar-refractivity contribution in [1.82, 2.24) is 14.8 Å². The SMILES string of the molecule is COc1cc(C2C3=C(CC(C)(C)CC3=O)Nc3ncnn32)ccc1OCc1ccc(Br)cc1. The van der Waals surface area contributed by atoms with Gasteiger partial charge in [0.25, 0.3) is 0 Å². The lowest BCUT2D eigenvalue weighted by molar-refractivity contribution is -0.118. The molecule has 1 aliphatic carbocycles. The zero-order valence-corrected chi connectivity index (χ0v) is 20.3. The van der Waals surface area contributed by atoms with E-state index in [1.165, 1.54) is 6.33 Å². The number of nitrogens with one attached hydrogen (secondary N) is 1. The van der Waals surface area contributed by atoms with Crippen LogP contribution in [0.1, 0.15) is 43.9 Å². The first-order valence-corrected chi connectivity index (χ1v) is 11.6. The number of halogens is 1. The van der Waals surface area contributed by atoms with Gasteiger partial charge in [-0.1, -0.05) is 48.0 Å². The summed E-state index contributed by atoms with van der Waals surface area (Å²) < 4.78 is 14.5. The molecule has 0 amide bonds. The summed E-state index contributed by atoms with van der Waals surface area (Å²) in [6, 6.07) is 13.4. The van der Waals surface area contributed by atoms with Crippen molar-refractivity contribution in [2.45, 2.75) is 39.3 Å². The second-order valence-corrected chi connectivity index (χ2v) is 10.1. The zero-order valence-electron chi connectivity index (χ0n) is 18.8. The van der Waals surface area contributed by atoms with Crippen molar-refractivity contribution in [3.8, 4) is 11.5 Å². The van der Waals surface area contributed by atoms with Crippen LogP contribution in [0.4, 0.5) is 5.95 Å². The van der Waals surface area contributed by atoms with Crippen molar-refractivity contribution in [1.29, 1.82) is 0 Å². The summed E-state index contributed by atoms with van der Waals surface area (Å²) in [5.74, 6) is 2.02. The van der Waals surface area contributed by atoms with Gasteiger partial charge in [-0.05, 0) is 47.2 Å². The van der Waals surface area contributed by atoms with Crippen LogP contribution in [0.2, 0.25) is 0 Å². The third-order valence-electron chi connectivity index (χ3n) is 6.08. The largest absolute Gasteiger partial charge is 0.493 e. The summed E-state index contributed by atoms with van der Waals surface area (Å²) in [6.45, 7) is 4.66. The Bertz CT molecular complexity index is 1250. The monoisotopic (exact) mass is 508 g/mol. The van der Waals surface area contributed by atoms with E-state index >= 15 is 0 Å². The van der Waals surface area contributed by atoms with E-state index in [2.05, 4.69) is 45.2 Å². The molecule has 1 aliphatic heterocycles. The second-order valence-electron chi connectivity index (χ2n) is 9.21. The molecule has 170 valence electrons. The van der Waals surface area contributed by atoms with E-state index in [9.17, 15) is 4.79 Å². The third kappa shape index (κ3) is 4.15. The molecule has 1 unspecified atom stereocenters. The lowest BCUT2D eigenvalue weighted by Crippen LogP contribution is -2.36. The molecule has 0 fully saturated rings. The van der Waals surface area contributed by atoms with Crippen LogP contribution < -0.4 is 14.8 Å². The number of ketones is 1. The standard InChI is InChI=1S/C25H25BrN4O3/c1-25(2)11-18-22(19(31)12-25)23(30-24(29-18)27-14-28-30)16-6-9-20(21(10-16)32-3)33-13-15-4-7-17(26)8-5-15/h4-10,14,23H,11-13H2,1-3H3,(H,27,28,29). The second kappa shape index (κ2) is 8.33. The van der Waals surface area contributed by atoms with E-state index in [4.69, 9.17) is 9.47 Å². The number of rotatable bonds is 5. The van der Waals surface area contributed by atoms with Gasteiger partial charge >= 0.3 is 0 Å². The van der Waals surface area contributed by atoms with Gasteiger partial charge in [0, 0.05) is 22.2 Å². The number of methoxy groups -OCH3 is 1. The number of benzene rings is 2. The molecule has 7 nitrogen and oxygen atoms in total. The van der Waals surface area contributed by atoms with Crippen molar-refractivity contribution in [2.75, 3.05) is 12.4 Å². The van der Waals surface area contributed by atoms with Crippen molar-refractivity contribution >= 4 is 27.7 Å². The van der Waals surface area contributed by atoms with Gasteiger partial charge < -0.3 is 14.8 Å². The summed E-state index contributed by atoms with van der Waals surface area (Å²) in [4.78, 5) is 17.6. The molecule has 1 N–H and O–H groups in total. The highest BCUT2D eigenvalue weighted by Gasteiger charge is 2.41. The molecule has 2 aliphatic rings. The number of aromatic nitrogens is 3. The number of hydrogen-bond donors (Lipinski definition) is 1. The van der Waals surface area contributed by atoms with Gasteiger partial charge in [-0.25, -0.2) is 4.68 Å². The fourth-order valence-electron chi connectivity index (χ4n) is 4.57. The van der Waals surface area contributed by atoms with E-state index in [1.807, 2.05) is 42.5 Å². The topological polar surface area (TPSA) is 78.3 Å². The first-order chi connectivity index (χ1) is 15.8. The first-order valence-electron chi connectivity index (χ1n) is 10.8. The Balaban J connectivity index is 1.49. The van der Waals surface area contributed by atoms with Gasteiger partial charge in [-0.2, -0.15) is 10.1 Å². The van der Waals surface area contributed by atoms with Crippen LogP contribution in [0.25, 0.3) is 0 Å². The molecular weight excluding hydrogens is 484 g/mol. The minimum absolute atomic E-state index is 0.0991. The number of carbonyl (C=O) groups is 1. The predicted molar refractivity (Wildman–Crippen MR) is 128 cm³/mol. The molecule has 1 aromatic heterocycles. The van der Waals surface area contributed by atoms with E-state index < -0.39 is 0 Å². The number of hydrogen-bond acceptors (Lipinski definition) is 6. The number of nitrogens with zero attached hydrogens (tertiary/aromatic N) is 3. The molecule has 2 aromatic carbocycles. The Morgan fingerprint density at radius 2 is 1.94 bits per heavy atom. The Hall–Kier alpha value is -3.13. The molecule has 1 atom stereocenters. The van der Waals surface area contributed by atoms with Gasteiger partial charge in [0.15, 0.2) is 17.3 Å². The minimum Gasteiger partial charge on any atom is -0.493 e. The maximum absolute atomic E-state index is 13.2. The number of carbonyl (C=O) groups excluding carboxylic acids is 1. The lowest BCUT2D eigenvalue weighted by atomic mass is 9.73. The fourth-order valence-corrected chi connectivity index (χ4v) is 4.84. The summed E-state index contributed by atoms with van der Waals surface area (Å²) in [6.07, 6.45) is 2.79. The highest BCUT2D eigenvalue weighted by Crippen LogP contribution is 2.46. The molecule has 8 heteroatoms. The average Bonchev–Trinajstić information content (AvgIpc) is 3.24. The Labute approximate surface area is 200 Å². The van der Waals surface area contributed by atoms with Crippen molar-refractivity contribution < 1.29 is 14.3 Å². The molecule has 5 rings (SSSR count). The summed E-state index contributed by atoms with van der Waals surface area (Å²) in [5, 5.41) is 7.75. The summed E-state index contributed by atoms with van der Waals surface area (Å²) in [5.41, 5.74) is 3.53. The molecule has 0 saturated heterocycles. The van der Waals surface area contributed by atoms with Crippen LogP contribution in [0.5, 0.6) is 11.5 Å². The quantitative estimate of drug-likeness (QED) is 0.504. The predicted octanol–water partition coefficient (Wildman–Crippen LogP) is 5.29.